The standard InChI is InChI=1S/C15H25N3O2/c1-17(2)6-7-18(3)13(11-16)12-4-5-14-15(10-12)20-9-8-19-14/h4-5,10,13H,6-9,11,16H2,1-3H3. The van der Waals surface area contributed by atoms with Crippen LogP contribution in [0.1, 0.15) is 11.6 Å². The molecule has 1 unspecified atom stereocenters. The number of ether oxygens (including phenoxy) is 2. The molecular formula is C15H25N3O2. The fraction of sp³-hybridized carbons (Fsp3) is 0.600. The summed E-state index contributed by atoms with van der Waals surface area (Å²) in [6, 6.07) is 6.31. The molecule has 1 aliphatic rings. The Bertz CT molecular complexity index is 437. The molecule has 1 aromatic carbocycles. The Morgan fingerprint density at radius 2 is 1.80 bits per heavy atom. The highest BCUT2D eigenvalue weighted by Crippen LogP contribution is 2.33. The normalized spacial score (nSPS) is 15.7. The van der Waals surface area contributed by atoms with Crippen LogP contribution in [0.3, 0.4) is 0 Å². The molecule has 0 aromatic heterocycles. The lowest BCUT2D eigenvalue weighted by Gasteiger charge is -2.29. The first-order valence-electron chi connectivity index (χ1n) is 7.06. The van der Waals surface area contributed by atoms with Gasteiger partial charge in [0.25, 0.3) is 0 Å². The first-order valence-corrected chi connectivity index (χ1v) is 7.06. The van der Waals surface area contributed by atoms with Gasteiger partial charge in [0.05, 0.1) is 0 Å². The molecule has 112 valence electrons. The summed E-state index contributed by atoms with van der Waals surface area (Å²) < 4.78 is 11.2. The summed E-state index contributed by atoms with van der Waals surface area (Å²) in [6.45, 7) is 3.81. The van der Waals surface area contributed by atoms with Gasteiger partial charge >= 0.3 is 0 Å². The van der Waals surface area contributed by atoms with Crippen molar-refractivity contribution < 1.29 is 9.47 Å². The van der Waals surface area contributed by atoms with Crippen molar-refractivity contribution in [1.82, 2.24) is 9.80 Å². The molecule has 1 heterocycles. The molecule has 0 radical (unpaired) electrons. The zero-order valence-corrected chi connectivity index (χ0v) is 12.6. The predicted molar refractivity (Wildman–Crippen MR) is 80.4 cm³/mol. The van der Waals surface area contributed by atoms with E-state index in [-0.39, 0.29) is 6.04 Å². The van der Waals surface area contributed by atoms with Gasteiger partial charge in [-0.15, -0.1) is 0 Å². The third kappa shape index (κ3) is 3.62. The first kappa shape index (κ1) is 15.1. The van der Waals surface area contributed by atoms with Crippen molar-refractivity contribution >= 4 is 0 Å². The van der Waals surface area contributed by atoms with Gasteiger partial charge in [0.1, 0.15) is 13.2 Å². The van der Waals surface area contributed by atoms with Gasteiger partial charge in [0, 0.05) is 25.7 Å². The van der Waals surface area contributed by atoms with Gasteiger partial charge in [0.2, 0.25) is 0 Å². The monoisotopic (exact) mass is 279 g/mol. The molecule has 0 bridgehead atoms. The van der Waals surface area contributed by atoms with Crippen molar-refractivity contribution in [1.29, 1.82) is 0 Å². The van der Waals surface area contributed by atoms with Crippen LogP contribution in [0.2, 0.25) is 0 Å². The molecule has 0 aliphatic carbocycles. The Balaban J connectivity index is 2.10. The third-order valence-electron chi connectivity index (χ3n) is 3.61. The average Bonchev–Trinajstić information content (AvgIpc) is 2.45. The van der Waals surface area contributed by atoms with Crippen molar-refractivity contribution in [2.75, 3.05) is 54.0 Å². The SMILES string of the molecule is CN(C)CCN(C)C(CN)c1ccc2c(c1)OCCO2. The van der Waals surface area contributed by atoms with E-state index in [9.17, 15) is 0 Å². The van der Waals surface area contributed by atoms with Crippen LogP contribution >= 0.6 is 0 Å². The highest BCUT2D eigenvalue weighted by molar-refractivity contribution is 5.44. The van der Waals surface area contributed by atoms with Crippen LogP contribution in [0.15, 0.2) is 18.2 Å². The van der Waals surface area contributed by atoms with E-state index in [0.29, 0.717) is 19.8 Å². The second kappa shape index (κ2) is 6.92. The molecule has 20 heavy (non-hydrogen) atoms. The Morgan fingerprint density at radius 1 is 1.10 bits per heavy atom. The summed E-state index contributed by atoms with van der Waals surface area (Å²) in [5, 5.41) is 0. The highest BCUT2D eigenvalue weighted by atomic mass is 16.6. The van der Waals surface area contributed by atoms with Gasteiger partial charge in [-0.05, 0) is 38.8 Å². The topological polar surface area (TPSA) is 51.0 Å². The Morgan fingerprint density at radius 3 is 2.45 bits per heavy atom. The van der Waals surface area contributed by atoms with Crippen molar-refractivity contribution in [3.63, 3.8) is 0 Å². The zero-order chi connectivity index (χ0) is 14.5. The van der Waals surface area contributed by atoms with Crippen molar-refractivity contribution in [3.05, 3.63) is 23.8 Å². The maximum atomic E-state index is 5.96. The van der Waals surface area contributed by atoms with Crippen LogP contribution in [-0.4, -0.2) is 63.8 Å². The molecule has 5 heteroatoms. The quantitative estimate of drug-likeness (QED) is 0.840. The minimum atomic E-state index is 0.200. The molecule has 5 nitrogen and oxygen atoms in total. The largest absolute Gasteiger partial charge is 0.486 e. The van der Waals surface area contributed by atoms with Crippen LogP contribution in [0, 0.1) is 0 Å². The number of benzene rings is 1. The van der Waals surface area contributed by atoms with Gasteiger partial charge in [-0.3, -0.25) is 4.90 Å². The van der Waals surface area contributed by atoms with Gasteiger partial charge in [-0.25, -0.2) is 0 Å². The van der Waals surface area contributed by atoms with E-state index in [4.69, 9.17) is 15.2 Å². The summed E-state index contributed by atoms with van der Waals surface area (Å²) in [5.74, 6) is 1.65. The number of rotatable bonds is 6. The van der Waals surface area contributed by atoms with Crippen LogP contribution in [0.5, 0.6) is 11.5 Å². The second-order valence-corrected chi connectivity index (χ2v) is 5.44. The Kier molecular flexibility index (Phi) is 5.23. The average molecular weight is 279 g/mol. The number of nitrogens with two attached hydrogens (primary N) is 1. The smallest absolute Gasteiger partial charge is 0.161 e. The number of nitrogens with zero attached hydrogens (tertiary/aromatic N) is 2. The summed E-state index contributed by atoms with van der Waals surface area (Å²) in [4.78, 5) is 4.46. The van der Waals surface area contributed by atoms with Crippen LogP contribution in [-0.2, 0) is 0 Å². The van der Waals surface area contributed by atoms with Crippen molar-refractivity contribution in [2.45, 2.75) is 6.04 Å². The molecule has 2 N–H and O–H groups in total. The number of hydrogen-bond acceptors (Lipinski definition) is 5. The third-order valence-corrected chi connectivity index (χ3v) is 3.61. The summed E-state index contributed by atoms with van der Waals surface area (Å²) in [7, 11) is 6.27. The predicted octanol–water partition coefficient (Wildman–Crippen LogP) is 0.951. The van der Waals surface area contributed by atoms with Gasteiger partial charge in [-0.1, -0.05) is 6.07 Å². The molecular weight excluding hydrogens is 254 g/mol. The molecule has 0 saturated carbocycles. The number of likely N-dealkylation sites (N-methyl/N-ethyl adjacent to an activating group) is 2. The lowest BCUT2D eigenvalue weighted by Crippen LogP contribution is -2.35. The van der Waals surface area contributed by atoms with Gasteiger partial charge in [0.15, 0.2) is 11.5 Å². The van der Waals surface area contributed by atoms with E-state index >= 15 is 0 Å². The second-order valence-electron chi connectivity index (χ2n) is 5.44. The maximum Gasteiger partial charge on any atom is 0.161 e. The lowest BCUT2D eigenvalue weighted by atomic mass is 10.0. The van der Waals surface area contributed by atoms with Crippen LogP contribution < -0.4 is 15.2 Å². The summed E-state index contributed by atoms with van der Waals surface area (Å²) in [6.07, 6.45) is 0. The molecule has 1 aliphatic heterocycles. The zero-order valence-electron chi connectivity index (χ0n) is 12.6. The van der Waals surface area contributed by atoms with Crippen LogP contribution in [0.25, 0.3) is 0 Å². The summed E-state index contributed by atoms with van der Waals surface area (Å²) >= 11 is 0. The molecule has 0 fully saturated rings. The molecule has 1 aromatic rings. The lowest BCUT2D eigenvalue weighted by molar-refractivity contribution is 0.170. The first-order chi connectivity index (χ1) is 9.61. The van der Waals surface area contributed by atoms with E-state index in [2.05, 4.69) is 43.1 Å². The van der Waals surface area contributed by atoms with E-state index < -0.39 is 0 Å². The summed E-state index contributed by atoms with van der Waals surface area (Å²) in [5.41, 5.74) is 7.14. The number of hydrogen-bond donors (Lipinski definition) is 1. The van der Waals surface area contributed by atoms with Gasteiger partial charge < -0.3 is 20.1 Å². The molecule has 2 rings (SSSR count). The van der Waals surface area contributed by atoms with Crippen molar-refractivity contribution in [2.24, 2.45) is 5.73 Å². The molecule has 0 spiro atoms. The fourth-order valence-electron chi connectivity index (χ4n) is 2.35. The maximum absolute atomic E-state index is 5.96. The van der Waals surface area contributed by atoms with E-state index in [1.807, 2.05) is 6.07 Å². The number of fused-ring (bicyclic) bond motifs is 1. The Labute approximate surface area is 121 Å². The van der Waals surface area contributed by atoms with Gasteiger partial charge in [-0.2, -0.15) is 0 Å². The highest BCUT2D eigenvalue weighted by Gasteiger charge is 2.19. The van der Waals surface area contributed by atoms with E-state index in [1.54, 1.807) is 0 Å². The molecule has 1 atom stereocenters. The van der Waals surface area contributed by atoms with Crippen LogP contribution in [0.4, 0.5) is 0 Å². The van der Waals surface area contributed by atoms with Crippen molar-refractivity contribution in [3.8, 4) is 11.5 Å². The fourth-order valence-corrected chi connectivity index (χ4v) is 2.35. The minimum absolute atomic E-state index is 0.200. The van der Waals surface area contributed by atoms with E-state index in [1.165, 1.54) is 5.56 Å². The minimum Gasteiger partial charge on any atom is -0.486 e. The van der Waals surface area contributed by atoms with E-state index in [0.717, 1.165) is 24.6 Å². The Hall–Kier alpha value is -1.30. The molecule has 0 saturated heterocycles. The molecule has 0 amide bonds.